The summed E-state index contributed by atoms with van der Waals surface area (Å²) in [7, 11) is 0. The van der Waals surface area contributed by atoms with E-state index in [2.05, 4.69) is 34.6 Å². The average Bonchev–Trinajstić information content (AvgIpc) is 3.73. The third-order valence-corrected chi connectivity index (χ3v) is 9.47. The monoisotopic (exact) mass is 625 g/mol. The maximum absolute atomic E-state index is 14.2. The van der Waals surface area contributed by atoms with E-state index in [1.54, 1.807) is 24.0 Å². The lowest BCUT2D eigenvalue weighted by Crippen LogP contribution is -2.28. The van der Waals surface area contributed by atoms with Crippen molar-refractivity contribution in [1.82, 2.24) is 9.88 Å². The van der Waals surface area contributed by atoms with Gasteiger partial charge in [0.1, 0.15) is 6.61 Å². The van der Waals surface area contributed by atoms with Gasteiger partial charge >= 0.3 is 6.09 Å². The minimum atomic E-state index is -1.52. The molecular weight excluding hydrogens is 599 g/mol. The fraction of sp³-hybridized carbons (Fsp3) is 0.171. The van der Waals surface area contributed by atoms with Gasteiger partial charge in [-0.05, 0) is 58.0 Å². The predicted molar refractivity (Wildman–Crippen MR) is 165 cm³/mol. The van der Waals surface area contributed by atoms with Crippen LogP contribution >= 0.6 is 11.3 Å². The van der Waals surface area contributed by atoms with E-state index in [9.17, 15) is 22.8 Å². The molecule has 45 heavy (non-hydrogen) atoms. The molecule has 0 saturated carbocycles. The minimum Gasteiger partial charge on any atom is -0.448 e. The molecule has 2 aliphatic rings. The molecule has 7 rings (SSSR count). The van der Waals surface area contributed by atoms with Crippen molar-refractivity contribution in [2.45, 2.75) is 32.4 Å². The molecule has 0 fully saturated rings. The third-order valence-electron chi connectivity index (χ3n) is 8.40. The van der Waals surface area contributed by atoms with E-state index in [4.69, 9.17) is 4.74 Å². The van der Waals surface area contributed by atoms with E-state index >= 15 is 0 Å². The number of hydrogen-bond donors (Lipinski definition) is 1. The Morgan fingerprint density at radius 3 is 2.36 bits per heavy atom. The van der Waals surface area contributed by atoms with E-state index in [0.29, 0.717) is 27.8 Å². The van der Waals surface area contributed by atoms with Crippen molar-refractivity contribution in [3.63, 3.8) is 0 Å². The molecule has 226 valence electrons. The van der Waals surface area contributed by atoms with Crippen molar-refractivity contribution in [1.29, 1.82) is 0 Å². The molecule has 2 heterocycles. The summed E-state index contributed by atoms with van der Waals surface area (Å²) in [4.78, 5) is 33.2. The fourth-order valence-corrected chi connectivity index (χ4v) is 7.12. The number of aryl methyl sites for hydroxylation is 1. The van der Waals surface area contributed by atoms with Crippen molar-refractivity contribution in [3.8, 4) is 11.1 Å². The molecular formula is C35H26F3N3O3S. The van der Waals surface area contributed by atoms with Crippen molar-refractivity contribution >= 4 is 28.5 Å². The Labute approximate surface area is 261 Å². The summed E-state index contributed by atoms with van der Waals surface area (Å²) in [5, 5.41) is 3.09. The van der Waals surface area contributed by atoms with Gasteiger partial charge in [-0.1, -0.05) is 66.7 Å². The molecule has 1 aromatic heterocycles. The topological polar surface area (TPSA) is 71.5 Å². The largest absolute Gasteiger partial charge is 0.448 e. The molecule has 0 saturated heterocycles. The van der Waals surface area contributed by atoms with Gasteiger partial charge in [0, 0.05) is 29.3 Å². The second-order valence-electron chi connectivity index (χ2n) is 11.1. The van der Waals surface area contributed by atoms with Crippen LogP contribution in [0.2, 0.25) is 0 Å². The molecule has 1 aliphatic heterocycles. The van der Waals surface area contributed by atoms with Crippen molar-refractivity contribution in [2.75, 3.05) is 11.9 Å². The van der Waals surface area contributed by atoms with Crippen LogP contribution < -0.4 is 5.32 Å². The highest BCUT2D eigenvalue weighted by molar-refractivity contribution is 7.15. The summed E-state index contributed by atoms with van der Waals surface area (Å²) < 4.78 is 47.2. The number of halogens is 3. The number of aromatic nitrogens is 1. The quantitative estimate of drug-likeness (QED) is 0.194. The number of thiazole rings is 1. The maximum Gasteiger partial charge on any atom is 0.410 e. The first-order chi connectivity index (χ1) is 21.8. The van der Waals surface area contributed by atoms with Crippen LogP contribution in [0.3, 0.4) is 0 Å². The zero-order valence-corrected chi connectivity index (χ0v) is 24.9. The smallest absolute Gasteiger partial charge is 0.410 e. The van der Waals surface area contributed by atoms with E-state index in [0.717, 1.165) is 50.8 Å². The van der Waals surface area contributed by atoms with Gasteiger partial charge in [-0.15, -0.1) is 11.3 Å². The molecule has 0 unspecified atom stereocenters. The minimum absolute atomic E-state index is 0.00175. The van der Waals surface area contributed by atoms with Crippen molar-refractivity contribution < 1.29 is 27.5 Å². The molecule has 0 atom stereocenters. The van der Waals surface area contributed by atoms with Crippen molar-refractivity contribution in [3.05, 3.63) is 140 Å². The second kappa shape index (κ2) is 11.5. The number of benzene rings is 4. The zero-order valence-electron chi connectivity index (χ0n) is 24.1. The highest BCUT2D eigenvalue weighted by Crippen LogP contribution is 2.44. The predicted octanol–water partition coefficient (Wildman–Crippen LogP) is 7.98. The Kier molecular flexibility index (Phi) is 7.37. The van der Waals surface area contributed by atoms with Gasteiger partial charge in [0.25, 0.3) is 5.91 Å². The first-order valence-electron chi connectivity index (χ1n) is 14.4. The van der Waals surface area contributed by atoms with Gasteiger partial charge in [-0.3, -0.25) is 15.0 Å². The number of ether oxygens (including phenoxy) is 1. The van der Waals surface area contributed by atoms with Gasteiger partial charge in [0.05, 0.1) is 12.2 Å². The second-order valence-corrected chi connectivity index (χ2v) is 12.2. The van der Waals surface area contributed by atoms with E-state index < -0.39 is 29.5 Å². The molecule has 6 nitrogen and oxygen atoms in total. The van der Waals surface area contributed by atoms with Crippen LogP contribution in [0.5, 0.6) is 0 Å². The standard InChI is InChI=1S/C35H26F3N3O3S/c1-19-30(15-20-13-14-29(36)32(38)31(20)37)45-34(39-19)40-33(42)26-12-6-7-21-16-41(17-27(21)26)35(43)44-18-28-24-10-4-2-8-22(24)23-9-3-5-11-25(23)28/h2-14,28H,15-18H2,1H3,(H,39,40,42). The number of hydrogen-bond acceptors (Lipinski definition) is 5. The molecule has 1 aliphatic carbocycles. The number of nitrogens with one attached hydrogen (secondary N) is 1. The Balaban J connectivity index is 1.02. The Bertz CT molecular complexity index is 1950. The summed E-state index contributed by atoms with van der Waals surface area (Å²) in [5.41, 5.74) is 7.07. The first kappa shape index (κ1) is 28.8. The molecule has 1 N–H and O–H groups in total. The number of anilines is 1. The lowest BCUT2D eigenvalue weighted by atomic mass is 9.98. The lowest BCUT2D eigenvalue weighted by molar-refractivity contribution is 0.0978. The summed E-state index contributed by atoms with van der Waals surface area (Å²) >= 11 is 1.13. The van der Waals surface area contributed by atoms with Gasteiger partial charge in [-0.25, -0.2) is 22.9 Å². The fourth-order valence-electron chi connectivity index (χ4n) is 6.13. The van der Waals surface area contributed by atoms with E-state index in [1.165, 1.54) is 6.07 Å². The van der Waals surface area contributed by atoms with Gasteiger partial charge in [-0.2, -0.15) is 0 Å². The number of rotatable bonds is 6. The summed E-state index contributed by atoms with van der Waals surface area (Å²) in [6.07, 6.45) is -0.456. The Hall–Kier alpha value is -4.96. The maximum atomic E-state index is 14.2. The normalized spacial score (nSPS) is 13.4. The summed E-state index contributed by atoms with van der Waals surface area (Å²) in [6.45, 7) is 2.43. The highest BCUT2D eigenvalue weighted by Gasteiger charge is 2.32. The molecule has 0 bridgehead atoms. The molecule has 4 aromatic carbocycles. The third kappa shape index (κ3) is 5.25. The van der Waals surface area contributed by atoms with Gasteiger partial charge in [0.2, 0.25) is 0 Å². The van der Waals surface area contributed by atoms with Crippen LogP contribution in [0.25, 0.3) is 11.1 Å². The number of fused-ring (bicyclic) bond motifs is 4. The number of carbonyl (C=O) groups excluding carboxylic acids is 2. The zero-order chi connectivity index (χ0) is 31.2. The highest BCUT2D eigenvalue weighted by atomic mass is 32.1. The van der Waals surface area contributed by atoms with Crippen molar-refractivity contribution in [2.24, 2.45) is 0 Å². The van der Waals surface area contributed by atoms with E-state index in [1.807, 2.05) is 30.3 Å². The Morgan fingerprint density at radius 1 is 0.911 bits per heavy atom. The summed E-state index contributed by atoms with van der Waals surface area (Å²) in [5.74, 6) is -4.47. The molecule has 0 radical (unpaired) electrons. The summed E-state index contributed by atoms with van der Waals surface area (Å²) in [6, 6.07) is 23.7. The van der Waals surface area contributed by atoms with Crippen LogP contribution in [-0.2, 0) is 24.2 Å². The number of nitrogens with zero attached hydrogens (tertiary/aromatic N) is 2. The first-order valence-corrected chi connectivity index (χ1v) is 15.2. The van der Waals surface area contributed by atoms with Gasteiger partial charge in [0.15, 0.2) is 22.6 Å². The molecule has 10 heteroatoms. The van der Waals surface area contributed by atoms with Crippen LogP contribution in [-0.4, -0.2) is 28.5 Å². The Morgan fingerprint density at radius 2 is 1.62 bits per heavy atom. The van der Waals surface area contributed by atoms with Crippen LogP contribution in [0.15, 0.2) is 78.9 Å². The van der Waals surface area contributed by atoms with Crippen LogP contribution in [0, 0.1) is 24.4 Å². The molecule has 0 spiro atoms. The van der Waals surface area contributed by atoms with E-state index in [-0.39, 0.29) is 31.1 Å². The number of carbonyl (C=O) groups is 2. The number of amides is 2. The lowest BCUT2D eigenvalue weighted by Gasteiger charge is -2.19. The van der Waals surface area contributed by atoms with Crippen LogP contribution in [0.4, 0.5) is 23.1 Å². The van der Waals surface area contributed by atoms with Gasteiger partial charge < -0.3 is 4.74 Å². The average molecular weight is 626 g/mol. The SMILES string of the molecule is Cc1nc(NC(=O)c2cccc3c2CN(C(=O)OCC2c4ccccc4-c4ccccc42)C3)sc1Cc1ccc(F)c(F)c1F. The molecule has 2 amide bonds. The van der Waals surface area contributed by atoms with Crippen LogP contribution in [0.1, 0.15) is 54.7 Å². The molecule has 5 aromatic rings.